The van der Waals surface area contributed by atoms with Gasteiger partial charge in [-0.15, -0.1) is 0 Å². The fourth-order valence-electron chi connectivity index (χ4n) is 7.58. The number of Topliss-reactive ketones (excluding diaryl/α,β-unsaturated/α-hetero) is 2. The zero-order valence-corrected chi connectivity index (χ0v) is 23.8. The van der Waals surface area contributed by atoms with E-state index in [2.05, 4.69) is 4.90 Å². The molecule has 11 nitrogen and oxygen atoms in total. The summed E-state index contributed by atoms with van der Waals surface area (Å²) in [6.45, 7) is 4.46. The molecule has 3 aliphatic carbocycles. The first kappa shape index (κ1) is 28.9. The highest BCUT2D eigenvalue weighted by molar-refractivity contribution is 6.23. The van der Waals surface area contributed by atoms with E-state index in [1.165, 1.54) is 13.2 Å². The second kappa shape index (κ2) is 10.2. The normalized spacial score (nSPS) is 28.9. The molecule has 5 unspecified atom stereocenters. The lowest BCUT2D eigenvalue weighted by atomic mass is 9.55. The van der Waals surface area contributed by atoms with Crippen LogP contribution in [0.1, 0.15) is 48.8 Å². The van der Waals surface area contributed by atoms with E-state index >= 15 is 0 Å². The average molecular weight is 591 g/mol. The lowest BCUT2D eigenvalue weighted by Gasteiger charge is -2.50. The van der Waals surface area contributed by atoms with Gasteiger partial charge in [-0.1, -0.05) is 19.1 Å². The van der Waals surface area contributed by atoms with Crippen molar-refractivity contribution in [3.05, 3.63) is 63.9 Å². The van der Waals surface area contributed by atoms with E-state index in [0.29, 0.717) is 22.4 Å². The van der Waals surface area contributed by atoms with Crippen LogP contribution < -0.4 is 10.5 Å². The monoisotopic (exact) mass is 590 g/mol. The average Bonchev–Trinajstić information content (AvgIpc) is 3.48. The first-order valence-electron chi connectivity index (χ1n) is 14.3. The number of ether oxygens (including phenoxy) is 1. The summed E-state index contributed by atoms with van der Waals surface area (Å²) in [7, 11) is 1.54. The van der Waals surface area contributed by atoms with Gasteiger partial charge >= 0.3 is 0 Å². The highest BCUT2D eigenvalue weighted by Gasteiger charge is 2.65. The van der Waals surface area contributed by atoms with Crippen LogP contribution in [0, 0.1) is 11.8 Å². The van der Waals surface area contributed by atoms with Gasteiger partial charge in [0.25, 0.3) is 5.91 Å². The zero-order valence-electron chi connectivity index (χ0n) is 23.8. The quantitative estimate of drug-likeness (QED) is 0.282. The Labute approximate surface area is 247 Å². The largest absolute Gasteiger partial charge is 0.508 e. The minimum atomic E-state index is -2.88. The Balaban J connectivity index is 1.55. The van der Waals surface area contributed by atoms with Crippen molar-refractivity contribution in [3.8, 4) is 22.6 Å². The number of carbonyl (C=O) groups is 3. The second-order valence-electron chi connectivity index (χ2n) is 11.9. The molecular formula is C32H34N2O9. The van der Waals surface area contributed by atoms with E-state index in [4.69, 9.17) is 10.5 Å². The second-order valence-corrected chi connectivity index (χ2v) is 11.9. The van der Waals surface area contributed by atoms with Crippen molar-refractivity contribution in [1.29, 1.82) is 0 Å². The molecule has 2 aromatic carbocycles. The topological polar surface area (TPSA) is 191 Å². The van der Waals surface area contributed by atoms with Gasteiger partial charge in [0.05, 0.1) is 18.8 Å². The number of rotatable bonds is 5. The van der Waals surface area contributed by atoms with E-state index in [-0.39, 0.29) is 11.3 Å². The molecular weight excluding hydrogens is 556 g/mol. The first-order chi connectivity index (χ1) is 20.4. The summed E-state index contributed by atoms with van der Waals surface area (Å²) < 4.78 is 5.69. The molecule has 6 rings (SSSR count). The number of hydrogen-bond donors (Lipinski definition) is 6. The maximum Gasteiger partial charge on any atom is 0.255 e. The number of phenolic OH excluding ortho intramolecular Hbond substituents is 1. The van der Waals surface area contributed by atoms with Crippen LogP contribution in [0.15, 0.2) is 47.2 Å². The van der Waals surface area contributed by atoms with Crippen LogP contribution in [0.3, 0.4) is 0 Å². The number of fused-ring (bicyclic) bond motifs is 3. The van der Waals surface area contributed by atoms with Gasteiger partial charge < -0.3 is 36.0 Å². The lowest BCUT2D eigenvalue weighted by Crippen LogP contribution is -2.63. The Morgan fingerprint density at radius 2 is 1.79 bits per heavy atom. The number of nitrogens with zero attached hydrogens (tertiary/aromatic N) is 1. The van der Waals surface area contributed by atoms with Crippen LogP contribution >= 0.6 is 0 Å². The Bertz CT molecular complexity index is 1640. The molecule has 0 aromatic heterocycles. The van der Waals surface area contributed by atoms with Crippen molar-refractivity contribution in [2.45, 2.75) is 50.4 Å². The molecule has 0 radical (unpaired) electrons. The molecule has 1 saturated heterocycles. The number of aliphatic hydroxyl groups is 4. The third-order valence-corrected chi connectivity index (χ3v) is 9.64. The molecule has 1 saturated carbocycles. The van der Waals surface area contributed by atoms with E-state index in [1.807, 2.05) is 18.2 Å². The standard InChI is InChI=1S/C32H34N2O9/c1-14-22-16(17-11-15(5-8-21(17)43-2)13-34-9-3-4-10-34)6-7-19(35)24(22)28(38)26-23(14)27(37)18-12-20(36)25(31(33)41)29(39)32(18,42)30(26)40/h5-8,11,14,18,23,27,35,37-39,42H,3-4,9-10,12-13H2,1-2H3,(H2,33,41). The molecule has 1 amide bonds. The van der Waals surface area contributed by atoms with E-state index in [9.17, 15) is 39.9 Å². The van der Waals surface area contributed by atoms with Crippen LogP contribution in [0.4, 0.5) is 0 Å². The summed E-state index contributed by atoms with van der Waals surface area (Å²) in [5, 5.41) is 56.6. The zero-order chi connectivity index (χ0) is 31.0. The lowest BCUT2D eigenvalue weighted by molar-refractivity contribution is -0.160. The number of primary amides is 1. The number of ketones is 2. The molecule has 0 bridgehead atoms. The van der Waals surface area contributed by atoms with Crippen molar-refractivity contribution in [1.82, 2.24) is 4.90 Å². The molecule has 7 N–H and O–H groups in total. The number of methoxy groups -OCH3 is 1. The molecule has 5 atom stereocenters. The van der Waals surface area contributed by atoms with Crippen molar-refractivity contribution < 1.29 is 44.7 Å². The Morgan fingerprint density at radius 3 is 2.44 bits per heavy atom. The van der Waals surface area contributed by atoms with E-state index in [1.54, 1.807) is 13.0 Å². The number of benzene rings is 2. The summed E-state index contributed by atoms with van der Waals surface area (Å²) in [4.78, 5) is 41.0. The Morgan fingerprint density at radius 1 is 1.09 bits per heavy atom. The predicted octanol–water partition coefficient (Wildman–Crippen LogP) is 2.23. The van der Waals surface area contributed by atoms with Gasteiger partial charge in [0, 0.05) is 35.9 Å². The molecule has 226 valence electrons. The van der Waals surface area contributed by atoms with Gasteiger partial charge in [-0.3, -0.25) is 19.3 Å². The number of phenols is 1. The van der Waals surface area contributed by atoms with Crippen LogP contribution in [0.2, 0.25) is 0 Å². The Kier molecular flexibility index (Phi) is 6.87. The summed E-state index contributed by atoms with van der Waals surface area (Å²) in [6, 6.07) is 8.89. The van der Waals surface area contributed by atoms with E-state index < -0.39 is 76.0 Å². The first-order valence-corrected chi connectivity index (χ1v) is 14.3. The molecule has 1 heterocycles. The smallest absolute Gasteiger partial charge is 0.255 e. The highest BCUT2D eigenvalue weighted by atomic mass is 16.5. The van der Waals surface area contributed by atoms with Crippen molar-refractivity contribution in [3.63, 3.8) is 0 Å². The van der Waals surface area contributed by atoms with Gasteiger partial charge in [0.15, 0.2) is 11.4 Å². The number of aromatic hydroxyl groups is 1. The van der Waals surface area contributed by atoms with Crippen LogP contribution in [-0.4, -0.2) is 79.8 Å². The van der Waals surface area contributed by atoms with Gasteiger partial charge in [0.2, 0.25) is 5.78 Å². The summed E-state index contributed by atoms with van der Waals surface area (Å²) in [5.41, 5.74) is 3.74. The number of aliphatic hydroxyl groups excluding tert-OH is 3. The number of amides is 1. The van der Waals surface area contributed by atoms with Crippen LogP contribution in [0.5, 0.6) is 11.5 Å². The predicted molar refractivity (Wildman–Crippen MR) is 154 cm³/mol. The molecule has 2 aromatic rings. The van der Waals surface area contributed by atoms with Crippen molar-refractivity contribution in [2.75, 3.05) is 20.2 Å². The number of likely N-dealkylation sites (tertiary alicyclic amines) is 1. The van der Waals surface area contributed by atoms with Crippen LogP contribution in [-0.2, 0) is 20.9 Å². The van der Waals surface area contributed by atoms with E-state index in [0.717, 1.165) is 38.0 Å². The maximum absolute atomic E-state index is 13.9. The molecule has 43 heavy (non-hydrogen) atoms. The molecule has 2 fully saturated rings. The fourth-order valence-corrected chi connectivity index (χ4v) is 7.58. The number of carbonyl (C=O) groups excluding carboxylic acids is 3. The van der Waals surface area contributed by atoms with Gasteiger partial charge in [-0.25, -0.2) is 0 Å². The number of hydrogen-bond acceptors (Lipinski definition) is 10. The van der Waals surface area contributed by atoms with Gasteiger partial charge in [-0.05, 0) is 66.7 Å². The van der Waals surface area contributed by atoms with Crippen LogP contribution in [0.25, 0.3) is 16.9 Å². The Hall–Kier alpha value is -4.19. The van der Waals surface area contributed by atoms with Gasteiger partial charge in [0.1, 0.15) is 28.6 Å². The highest BCUT2D eigenvalue weighted by Crippen LogP contribution is 2.57. The molecule has 1 aliphatic heterocycles. The maximum atomic E-state index is 13.9. The summed E-state index contributed by atoms with van der Waals surface area (Å²) >= 11 is 0. The minimum Gasteiger partial charge on any atom is -0.508 e. The van der Waals surface area contributed by atoms with Crippen molar-refractivity contribution >= 4 is 23.2 Å². The molecule has 0 spiro atoms. The SMILES string of the molecule is COc1ccc(CN2CCCC2)cc1-c1ccc(O)c2c1C(C)C1C(=C2O)C(=O)C2(O)C(O)=C(C(N)=O)C(=O)CC2C1O. The van der Waals surface area contributed by atoms with Gasteiger partial charge in [-0.2, -0.15) is 0 Å². The third kappa shape index (κ3) is 4.10. The summed E-state index contributed by atoms with van der Waals surface area (Å²) in [5.74, 6) is -8.51. The van der Waals surface area contributed by atoms with Crippen molar-refractivity contribution in [2.24, 2.45) is 17.6 Å². The fraction of sp³-hybridized carbons (Fsp3) is 0.406. The molecule has 11 heteroatoms. The molecule has 4 aliphatic rings. The summed E-state index contributed by atoms with van der Waals surface area (Å²) in [6.07, 6.45) is 0.0418. The minimum absolute atomic E-state index is 0.0590. The number of nitrogens with two attached hydrogens (primary N) is 1. The third-order valence-electron chi connectivity index (χ3n) is 9.64.